The maximum Gasteiger partial charge on any atom is 0.166 e. The molecule has 9 aromatic heterocycles. The zero-order valence-corrected chi connectivity index (χ0v) is 80.0. The van der Waals surface area contributed by atoms with Crippen molar-refractivity contribution in [2.24, 2.45) is 9.98 Å². The molecule has 28 aromatic rings. The number of fused-ring (bicyclic) bond motifs is 20. The number of rotatable bonds is 13. The number of hydrogen-bond donors (Lipinski definition) is 0. The molecule has 0 aliphatic carbocycles. The fraction of sp³-hybridized carbons (Fsp3) is 0.0240. The van der Waals surface area contributed by atoms with Gasteiger partial charge in [-0.1, -0.05) is 357 Å². The van der Waals surface area contributed by atoms with Crippen molar-refractivity contribution in [2.45, 2.75) is 13.8 Å². The molecule has 0 spiro atoms. The van der Waals surface area contributed by atoms with Gasteiger partial charge < -0.3 is 4.57 Å². The molecule has 21 heteroatoms. The summed E-state index contributed by atoms with van der Waals surface area (Å²) in [6.45, 7) is 4.48. The van der Waals surface area contributed by atoms with Crippen LogP contribution in [0.15, 0.2) is 429 Å². The van der Waals surface area contributed by atoms with E-state index in [9.17, 15) is 0 Å². The molecule has 0 atom stereocenters. The van der Waals surface area contributed by atoms with E-state index in [0.717, 1.165) is 220 Å². The minimum Gasteiger partial charge on any atom is -0.309 e. The van der Waals surface area contributed by atoms with Crippen LogP contribution in [0.25, 0.3) is 272 Å². The van der Waals surface area contributed by atoms with Crippen molar-refractivity contribution in [3.8, 4) is 142 Å². The summed E-state index contributed by atoms with van der Waals surface area (Å²) in [6, 6.07) is 143. The lowest BCUT2D eigenvalue weighted by atomic mass is 9.96. The topological polar surface area (TPSA) is 236 Å². The van der Waals surface area contributed by atoms with Gasteiger partial charge in [0.2, 0.25) is 0 Å². The minimum atomic E-state index is 0.336. The molecule has 0 saturated heterocycles. The van der Waals surface area contributed by atoms with Crippen LogP contribution in [-0.2, 0) is 0 Å². The lowest BCUT2D eigenvalue weighted by molar-refractivity contribution is 1.05. The SMILES string of the molecule is Cc1ccc(-c2nc(-c3ccc(C)cc3)nc(-c3cc4c(-c5ccccc5)nc5ccccc5c4c4nsnc34)n2)cc1.c1ccc(-c2nc(-c3cccc(-n4c5ccccc5c5ccccc54)c3)nc(-c3cc4c(-c5ccccc5)nc5ccccc5c4c4c3=NCN=4)n2)cc1.c1ccc(-c2nc3ccccc3c3c2cc(-c2nc(-c4ccc5ccccc5c4)nc(-c4ccc5ccccc5c4)n2)c2nsnc23)cc1. The molecular weight excluding hydrogens is 1830 g/mol. The van der Waals surface area contributed by atoms with Crippen molar-refractivity contribution >= 4 is 154 Å². The van der Waals surface area contributed by atoms with Crippen LogP contribution in [0.5, 0.6) is 0 Å². The summed E-state index contributed by atoms with van der Waals surface area (Å²) in [5, 5.41) is 17.8. The molecule has 19 nitrogen and oxygen atoms in total. The van der Waals surface area contributed by atoms with Crippen LogP contribution < -0.4 is 10.7 Å². The van der Waals surface area contributed by atoms with Gasteiger partial charge in [-0.05, 0) is 108 Å². The van der Waals surface area contributed by atoms with Gasteiger partial charge in [0, 0.05) is 132 Å². The molecule has 0 N–H and O–H groups in total. The zero-order valence-electron chi connectivity index (χ0n) is 78.4. The Hall–Kier alpha value is -19.2. The number of aryl methyl sites for hydroxylation is 2. The predicted octanol–water partition coefficient (Wildman–Crippen LogP) is 29.0. The van der Waals surface area contributed by atoms with Crippen LogP contribution in [0.3, 0.4) is 0 Å². The second-order valence-electron chi connectivity index (χ2n) is 36.2. The number of hydrogen-bond acceptors (Lipinski definition) is 20. The first-order valence-electron chi connectivity index (χ1n) is 48.1. The quantitative estimate of drug-likeness (QED) is 0.0976. The summed E-state index contributed by atoms with van der Waals surface area (Å²) >= 11 is 2.40. The van der Waals surface area contributed by atoms with E-state index < -0.39 is 0 Å². The molecule has 1 aliphatic heterocycles. The van der Waals surface area contributed by atoms with E-state index in [1.807, 2.05) is 115 Å². The van der Waals surface area contributed by atoms with Gasteiger partial charge in [0.05, 0.1) is 78.8 Å². The summed E-state index contributed by atoms with van der Waals surface area (Å²) in [4.78, 5) is 71.4. The van der Waals surface area contributed by atoms with Crippen molar-refractivity contribution < 1.29 is 0 Å². The molecule has 0 bridgehead atoms. The van der Waals surface area contributed by atoms with E-state index in [0.29, 0.717) is 59.1 Å². The molecule has 1 aliphatic rings. The standard InChI is InChI=1S/C47H29N7.C42H24N6S.C36H24N6S/c1-3-14-29(15-4-1)42-36-27-37(43-44(49-28-48-43)41(36)35-22-7-10-23-38(35)50-42)47-52-45(30-16-5-2-6-17-30)51-46(53-47)31-18-13-19-32(26-31)54-39-24-11-8-20-33(39)34-21-9-12-25-40(34)54;1-2-12-27(13-3-1)37-33-24-34(38-39(48-49-47-38)36(33)32-16-8-9-17-35(32)43-37)42-45-40(30-20-18-25-10-4-6-14-28(25)22-30)44-41(46-42)31-21-19-26-11-5-7-15-29(26)23-31;1-21-12-16-24(17-13-21)34-38-35(25-18-14-22(2)15-19-25)40-36(39-34)28-20-27-30(33-32(28)41-43-42-33)26-10-6-7-11-29(26)37-31(27)23-8-4-3-5-9-23/h1-27H,28H2;1-24H;3-20H,1-2H3. The summed E-state index contributed by atoms with van der Waals surface area (Å²) in [6.07, 6.45) is 0. The van der Waals surface area contributed by atoms with Gasteiger partial charge in [0.25, 0.3) is 0 Å². The van der Waals surface area contributed by atoms with Crippen molar-refractivity contribution in [2.75, 3.05) is 6.67 Å². The van der Waals surface area contributed by atoms with Crippen molar-refractivity contribution in [1.82, 2.24) is 81.9 Å². The lowest BCUT2D eigenvalue weighted by Gasteiger charge is -2.13. The van der Waals surface area contributed by atoms with Gasteiger partial charge in [0.1, 0.15) is 28.7 Å². The lowest BCUT2D eigenvalue weighted by Crippen LogP contribution is -2.26. The van der Waals surface area contributed by atoms with E-state index in [2.05, 4.69) is 322 Å². The maximum absolute atomic E-state index is 5.24. The predicted molar refractivity (Wildman–Crippen MR) is 591 cm³/mol. The van der Waals surface area contributed by atoms with Gasteiger partial charge in [-0.3, -0.25) is 9.98 Å². The third kappa shape index (κ3) is 15.4. The molecule has 0 unspecified atom stereocenters. The third-order valence-corrected chi connectivity index (χ3v) is 28.2. The van der Waals surface area contributed by atoms with E-state index in [1.165, 1.54) is 45.4 Å². The van der Waals surface area contributed by atoms with Crippen molar-refractivity contribution in [3.05, 3.63) is 440 Å². The first-order chi connectivity index (χ1) is 72.2. The van der Waals surface area contributed by atoms with E-state index in [-0.39, 0.29) is 0 Å². The Labute approximate surface area is 842 Å². The maximum atomic E-state index is 5.24. The van der Waals surface area contributed by atoms with Gasteiger partial charge in [-0.15, -0.1) is 0 Å². The molecule has 0 radical (unpaired) electrons. The van der Waals surface area contributed by atoms with Crippen LogP contribution >= 0.6 is 23.5 Å². The van der Waals surface area contributed by atoms with Gasteiger partial charge in [0.15, 0.2) is 52.4 Å². The Kier molecular flexibility index (Phi) is 21.3. The van der Waals surface area contributed by atoms with Crippen LogP contribution in [0.4, 0.5) is 0 Å². The molecule has 0 fully saturated rings. The fourth-order valence-electron chi connectivity index (χ4n) is 20.2. The van der Waals surface area contributed by atoms with E-state index in [1.54, 1.807) is 0 Å². The Balaban J connectivity index is 0.000000109. The average molecular weight is 1910 g/mol. The number of benzene rings is 19. The molecule has 0 saturated carbocycles. The normalized spacial score (nSPS) is 11.8. The first-order valence-corrected chi connectivity index (χ1v) is 49.6. The average Bonchev–Trinajstić information content (AvgIpc) is 1.24. The van der Waals surface area contributed by atoms with Gasteiger partial charge in [-0.2, -0.15) is 17.5 Å². The van der Waals surface area contributed by atoms with Gasteiger partial charge >= 0.3 is 0 Å². The monoisotopic (exact) mass is 1910 g/mol. The second-order valence-corrected chi connectivity index (χ2v) is 37.3. The summed E-state index contributed by atoms with van der Waals surface area (Å²) in [5.74, 6) is 5.18. The van der Waals surface area contributed by atoms with Crippen LogP contribution in [0.1, 0.15) is 11.1 Å². The molecule has 19 aromatic carbocycles. The van der Waals surface area contributed by atoms with Crippen molar-refractivity contribution in [1.29, 1.82) is 0 Å². The minimum absolute atomic E-state index is 0.336. The van der Waals surface area contributed by atoms with E-state index >= 15 is 0 Å². The van der Waals surface area contributed by atoms with Gasteiger partial charge in [-0.25, -0.2) is 59.8 Å². The fourth-order valence-corrected chi connectivity index (χ4v) is 21.3. The number of pyridine rings is 3. The Bertz CT molecular complexity index is 10100. The number of para-hydroxylation sites is 5. The Morgan fingerprint density at radius 2 is 0.514 bits per heavy atom. The summed E-state index contributed by atoms with van der Waals surface area (Å²) in [5.41, 5.74) is 25.1. The molecule has 10 heterocycles. The highest BCUT2D eigenvalue weighted by Gasteiger charge is 2.28. The molecule has 146 heavy (non-hydrogen) atoms. The highest BCUT2D eigenvalue weighted by atomic mass is 32.1. The summed E-state index contributed by atoms with van der Waals surface area (Å²) in [7, 11) is 0. The molecular formula is C125H77N19S2. The second kappa shape index (κ2) is 36.1. The van der Waals surface area contributed by atoms with Crippen LogP contribution in [-0.4, -0.2) is 88.5 Å². The number of aromatic nitrogens is 17. The van der Waals surface area contributed by atoms with Crippen LogP contribution in [0, 0.1) is 13.8 Å². The first kappa shape index (κ1) is 85.9. The smallest absolute Gasteiger partial charge is 0.166 e. The molecule has 29 rings (SSSR count). The highest BCUT2D eigenvalue weighted by molar-refractivity contribution is 7.00. The van der Waals surface area contributed by atoms with E-state index in [4.69, 9.17) is 87.3 Å². The zero-order chi connectivity index (χ0) is 96.8. The molecule has 0 amide bonds. The number of nitrogens with zero attached hydrogens (tertiary/aromatic N) is 19. The Morgan fingerprint density at radius 1 is 0.205 bits per heavy atom. The van der Waals surface area contributed by atoms with Crippen molar-refractivity contribution in [3.63, 3.8) is 0 Å². The third-order valence-electron chi connectivity index (χ3n) is 27.2. The molecule has 684 valence electrons. The highest BCUT2D eigenvalue weighted by Crippen LogP contribution is 2.46. The largest absolute Gasteiger partial charge is 0.309 e. The van der Waals surface area contributed by atoms with Crippen LogP contribution in [0.2, 0.25) is 0 Å². The summed E-state index contributed by atoms with van der Waals surface area (Å²) < 4.78 is 21.7. The Morgan fingerprint density at radius 3 is 0.952 bits per heavy atom.